The summed E-state index contributed by atoms with van der Waals surface area (Å²) in [7, 11) is 3.42. The first-order chi connectivity index (χ1) is 6.65. The van der Waals surface area contributed by atoms with E-state index in [0.717, 1.165) is 12.8 Å². The van der Waals surface area contributed by atoms with E-state index in [2.05, 4.69) is 4.90 Å². The largest absolute Gasteiger partial charge is 0.469 e. The summed E-state index contributed by atoms with van der Waals surface area (Å²) in [5, 5.41) is 9.84. The molecule has 0 radical (unpaired) electrons. The fourth-order valence-corrected chi connectivity index (χ4v) is 2.89. The predicted octanol–water partition coefficient (Wildman–Crippen LogP) is 0.00300. The SMILES string of the molecule is COC(=O)[C@H]1[C@H](O)C[C@@H]2CC[C@H]1N2C. The Hall–Kier alpha value is -0.610. The van der Waals surface area contributed by atoms with Gasteiger partial charge in [0, 0.05) is 12.1 Å². The summed E-state index contributed by atoms with van der Waals surface area (Å²) in [5.74, 6) is -0.613. The summed E-state index contributed by atoms with van der Waals surface area (Å²) < 4.78 is 4.73. The van der Waals surface area contributed by atoms with Crippen LogP contribution in [0, 0.1) is 5.92 Å². The van der Waals surface area contributed by atoms with Gasteiger partial charge in [-0.3, -0.25) is 9.69 Å². The van der Waals surface area contributed by atoms with Gasteiger partial charge in [0.05, 0.1) is 19.1 Å². The van der Waals surface area contributed by atoms with Crippen LogP contribution in [0.4, 0.5) is 0 Å². The molecule has 0 amide bonds. The second-order valence-corrected chi connectivity index (χ2v) is 4.32. The molecular weight excluding hydrogens is 182 g/mol. The number of rotatable bonds is 1. The zero-order valence-corrected chi connectivity index (χ0v) is 8.64. The molecule has 4 nitrogen and oxygen atoms in total. The molecule has 0 aromatic heterocycles. The van der Waals surface area contributed by atoms with Crippen LogP contribution in [0.15, 0.2) is 0 Å². The third-order valence-corrected chi connectivity index (χ3v) is 3.71. The molecule has 2 saturated heterocycles. The number of carbonyl (C=O) groups is 1. The lowest BCUT2D eigenvalue weighted by Crippen LogP contribution is -2.52. The Morgan fingerprint density at radius 1 is 1.50 bits per heavy atom. The summed E-state index contributed by atoms with van der Waals surface area (Å²) in [6.45, 7) is 0. The lowest BCUT2D eigenvalue weighted by atomic mass is 9.88. The van der Waals surface area contributed by atoms with Crippen LogP contribution in [0.5, 0.6) is 0 Å². The van der Waals surface area contributed by atoms with Crippen LogP contribution in [0.3, 0.4) is 0 Å². The number of piperidine rings is 1. The van der Waals surface area contributed by atoms with Gasteiger partial charge in [-0.2, -0.15) is 0 Å². The van der Waals surface area contributed by atoms with Gasteiger partial charge in [0.15, 0.2) is 0 Å². The molecule has 0 saturated carbocycles. The van der Waals surface area contributed by atoms with Crippen molar-refractivity contribution in [1.29, 1.82) is 0 Å². The van der Waals surface area contributed by atoms with Crippen LogP contribution < -0.4 is 0 Å². The maximum atomic E-state index is 11.5. The maximum Gasteiger partial charge on any atom is 0.312 e. The van der Waals surface area contributed by atoms with Crippen molar-refractivity contribution in [3.63, 3.8) is 0 Å². The molecule has 14 heavy (non-hydrogen) atoms. The van der Waals surface area contributed by atoms with Crippen molar-refractivity contribution < 1.29 is 14.6 Å². The number of aliphatic hydroxyl groups is 1. The monoisotopic (exact) mass is 199 g/mol. The highest BCUT2D eigenvalue weighted by atomic mass is 16.5. The van der Waals surface area contributed by atoms with Crippen LogP contribution in [-0.2, 0) is 9.53 Å². The minimum absolute atomic E-state index is 0.177. The van der Waals surface area contributed by atoms with Gasteiger partial charge in [-0.25, -0.2) is 0 Å². The molecular formula is C10H17NO3. The zero-order valence-electron chi connectivity index (χ0n) is 8.64. The lowest BCUT2D eigenvalue weighted by Gasteiger charge is -2.39. The number of hydrogen-bond donors (Lipinski definition) is 1. The molecule has 2 aliphatic heterocycles. The first-order valence-electron chi connectivity index (χ1n) is 5.13. The van der Waals surface area contributed by atoms with Gasteiger partial charge < -0.3 is 9.84 Å². The van der Waals surface area contributed by atoms with Crippen molar-refractivity contribution in [2.75, 3.05) is 14.2 Å². The third kappa shape index (κ3) is 1.33. The average molecular weight is 199 g/mol. The van der Waals surface area contributed by atoms with Gasteiger partial charge in [-0.15, -0.1) is 0 Å². The van der Waals surface area contributed by atoms with Crippen molar-refractivity contribution in [3.05, 3.63) is 0 Å². The van der Waals surface area contributed by atoms with Crippen LogP contribution in [0.1, 0.15) is 19.3 Å². The van der Waals surface area contributed by atoms with Gasteiger partial charge in [0.1, 0.15) is 0 Å². The summed E-state index contributed by atoms with van der Waals surface area (Å²) in [6.07, 6.45) is 2.27. The molecule has 1 N–H and O–H groups in total. The third-order valence-electron chi connectivity index (χ3n) is 3.71. The standard InChI is InChI=1S/C10H17NO3/c1-11-6-3-4-7(11)9(8(12)5-6)10(13)14-2/h6-9,12H,3-5H2,1-2H3/t6-,7+,8+,9+/m0/s1. The molecule has 2 heterocycles. The number of fused-ring (bicyclic) bond motifs is 2. The number of ether oxygens (including phenoxy) is 1. The highest BCUT2D eigenvalue weighted by Gasteiger charge is 2.48. The van der Waals surface area contributed by atoms with Crippen LogP contribution in [0.25, 0.3) is 0 Å². The Morgan fingerprint density at radius 2 is 2.21 bits per heavy atom. The fourth-order valence-electron chi connectivity index (χ4n) is 2.89. The molecule has 0 spiro atoms. The summed E-state index contributed by atoms with van der Waals surface area (Å²) in [6, 6.07) is 0.632. The van der Waals surface area contributed by atoms with E-state index in [1.807, 2.05) is 7.05 Å². The Bertz CT molecular complexity index is 244. The van der Waals surface area contributed by atoms with Gasteiger partial charge >= 0.3 is 5.97 Å². The molecule has 2 fully saturated rings. The molecule has 2 rings (SSSR count). The Balaban J connectivity index is 2.18. The highest BCUT2D eigenvalue weighted by Crippen LogP contribution is 2.38. The summed E-state index contributed by atoms with van der Waals surface area (Å²) in [5.41, 5.74) is 0. The molecule has 0 unspecified atom stereocenters. The molecule has 0 aromatic carbocycles. The summed E-state index contributed by atoms with van der Waals surface area (Å²) >= 11 is 0. The Kier molecular flexibility index (Phi) is 2.49. The van der Waals surface area contributed by atoms with Gasteiger partial charge in [0.2, 0.25) is 0 Å². The van der Waals surface area contributed by atoms with Crippen molar-refractivity contribution in [2.45, 2.75) is 37.5 Å². The van der Waals surface area contributed by atoms with E-state index < -0.39 is 6.10 Å². The Morgan fingerprint density at radius 3 is 2.86 bits per heavy atom. The first kappa shape index (κ1) is 9.93. The normalized spacial score (nSPS) is 42.5. The maximum absolute atomic E-state index is 11.5. The second kappa shape index (κ2) is 3.51. The molecule has 0 aromatic rings. The Labute approximate surface area is 83.8 Å². The number of esters is 1. The fraction of sp³-hybridized carbons (Fsp3) is 0.900. The number of hydrogen-bond acceptors (Lipinski definition) is 4. The minimum Gasteiger partial charge on any atom is -0.469 e. The lowest BCUT2D eigenvalue weighted by molar-refractivity contribution is -0.155. The van der Waals surface area contributed by atoms with E-state index in [1.165, 1.54) is 7.11 Å². The van der Waals surface area contributed by atoms with E-state index in [0.29, 0.717) is 12.5 Å². The van der Waals surface area contributed by atoms with Crippen molar-refractivity contribution >= 4 is 5.97 Å². The quantitative estimate of drug-likeness (QED) is 0.604. The molecule has 0 aliphatic carbocycles. The van der Waals surface area contributed by atoms with Crippen molar-refractivity contribution in [2.24, 2.45) is 5.92 Å². The zero-order chi connectivity index (χ0) is 10.3. The topological polar surface area (TPSA) is 49.8 Å². The number of carbonyl (C=O) groups excluding carboxylic acids is 1. The van der Waals surface area contributed by atoms with E-state index in [4.69, 9.17) is 4.74 Å². The number of nitrogens with zero attached hydrogens (tertiary/aromatic N) is 1. The second-order valence-electron chi connectivity index (χ2n) is 4.32. The number of aliphatic hydroxyl groups excluding tert-OH is 1. The van der Waals surface area contributed by atoms with Gasteiger partial charge in [-0.05, 0) is 26.3 Å². The molecule has 4 heteroatoms. The predicted molar refractivity (Wildman–Crippen MR) is 50.7 cm³/mol. The molecule has 4 atom stereocenters. The average Bonchev–Trinajstić information content (AvgIpc) is 2.42. The van der Waals surface area contributed by atoms with E-state index in [1.54, 1.807) is 0 Å². The highest BCUT2D eigenvalue weighted by molar-refractivity contribution is 5.74. The van der Waals surface area contributed by atoms with Crippen molar-refractivity contribution in [1.82, 2.24) is 4.90 Å². The minimum atomic E-state index is -0.517. The van der Waals surface area contributed by atoms with Crippen LogP contribution in [-0.4, -0.2) is 48.3 Å². The van der Waals surface area contributed by atoms with Gasteiger partial charge in [-0.1, -0.05) is 0 Å². The van der Waals surface area contributed by atoms with Crippen molar-refractivity contribution in [3.8, 4) is 0 Å². The van der Waals surface area contributed by atoms with E-state index in [9.17, 15) is 9.90 Å². The molecule has 2 bridgehead atoms. The smallest absolute Gasteiger partial charge is 0.312 e. The van der Waals surface area contributed by atoms with E-state index in [-0.39, 0.29) is 17.9 Å². The number of methoxy groups -OCH3 is 1. The molecule has 80 valence electrons. The van der Waals surface area contributed by atoms with E-state index >= 15 is 0 Å². The van der Waals surface area contributed by atoms with Gasteiger partial charge in [0.25, 0.3) is 0 Å². The van der Waals surface area contributed by atoms with Crippen LogP contribution >= 0.6 is 0 Å². The van der Waals surface area contributed by atoms with Crippen LogP contribution in [0.2, 0.25) is 0 Å². The molecule has 2 aliphatic rings. The first-order valence-corrected chi connectivity index (χ1v) is 5.13. The summed E-state index contributed by atoms with van der Waals surface area (Å²) in [4.78, 5) is 13.7.